The average molecular weight is 472 g/mol. The Kier molecular flexibility index (Phi) is 7.87. The number of aliphatic hydroxyl groups excluding tert-OH is 1. The number of rotatable bonds is 8. The zero-order valence-corrected chi connectivity index (χ0v) is 19.2. The van der Waals surface area contributed by atoms with Gasteiger partial charge in [-0.3, -0.25) is 4.79 Å². The van der Waals surface area contributed by atoms with Crippen molar-refractivity contribution in [3.63, 3.8) is 0 Å². The Morgan fingerprint density at radius 1 is 1.39 bits per heavy atom. The van der Waals surface area contributed by atoms with Crippen LogP contribution in [-0.2, 0) is 22.5 Å². The lowest BCUT2D eigenvalue weighted by molar-refractivity contribution is 0.0527. The van der Waals surface area contributed by atoms with E-state index in [1.807, 2.05) is 11.8 Å². The maximum absolute atomic E-state index is 12.6. The van der Waals surface area contributed by atoms with Crippen LogP contribution in [0.2, 0.25) is 5.15 Å². The second-order valence-electron chi connectivity index (χ2n) is 6.95. The molecule has 0 unspecified atom stereocenters. The molecule has 1 amide bonds. The standard InChI is InChI=1S/C19H26ClN5O5S/c1-4-10-15(20)24-16(21-10)17(27)22-11-6-7-25(8-13(11)29-3)19-23-12(9-26)14(31-19)18(28)30-5-2/h11,13,26H,4-9H2,1-3H3,(H,21,24)(H,22,27)/t11-,13+/m0/s1. The number of hydrogen-bond acceptors (Lipinski definition) is 9. The highest BCUT2D eigenvalue weighted by molar-refractivity contribution is 7.17. The Hall–Kier alpha value is -2.21. The van der Waals surface area contributed by atoms with E-state index in [9.17, 15) is 14.7 Å². The summed E-state index contributed by atoms with van der Waals surface area (Å²) >= 11 is 7.21. The van der Waals surface area contributed by atoms with Gasteiger partial charge in [-0.05, 0) is 19.8 Å². The van der Waals surface area contributed by atoms with Gasteiger partial charge < -0.3 is 29.8 Å². The van der Waals surface area contributed by atoms with Crippen molar-refractivity contribution in [1.29, 1.82) is 0 Å². The first-order valence-corrected chi connectivity index (χ1v) is 11.2. The third-order valence-corrected chi connectivity index (χ3v) is 6.49. The molecule has 3 rings (SSSR count). The highest BCUT2D eigenvalue weighted by atomic mass is 35.5. The minimum Gasteiger partial charge on any atom is -0.462 e. The van der Waals surface area contributed by atoms with Crippen molar-refractivity contribution < 1.29 is 24.2 Å². The predicted octanol–water partition coefficient (Wildman–Crippen LogP) is 1.77. The van der Waals surface area contributed by atoms with Crippen molar-refractivity contribution >= 4 is 39.9 Å². The topological polar surface area (TPSA) is 130 Å². The summed E-state index contributed by atoms with van der Waals surface area (Å²) in [6.45, 7) is 4.59. The number of ether oxygens (including phenoxy) is 2. The van der Waals surface area contributed by atoms with Crippen LogP contribution in [0.15, 0.2) is 0 Å². The van der Waals surface area contributed by atoms with Gasteiger partial charge in [-0.15, -0.1) is 0 Å². The number of aryl methyl sites for hydroxylation is 1. The van der Waals surface area contributed by atoms with Crippen molar-refractivity contribution in [2.45, 2.75) is 45.4 Å². The molecular weight excluding hydrogens is 446 g/mol. The van der Waals surface area contributed by atoms with E-state index in [0.29, 0.717) is 52.5 Å². The molecular formula is C19H26ClN5O5S. The molecule has 170 valence electrons. The number of methoxy groups -OCH3 is 1. The van der Waals surface area contributed by atoms with Gasteiger partial charge in [0.05, 0.1) is 36.7 Å². The van der Waals surface area contributed by atoms with E-state index >= 15 is 0 Å². The zero-order chi connectivity index (χ0) is 22.5. The summed E-state index contributed by atoms with van der Waals surface area (Å²) in [5.74, 6) is -0.668. The fourth-order valence-electron chi connectivity index (χ4n) is 3.40. The molecule has 0 saturated carbocycles. The number of carbonyl (C=O) groups is 2. The Bertz CT molecular complexity index is 933. The average Bonchev–Trinajstić information content (AvgIpc) is 3.37. The van der Waals surface area contributed by atoms with Gasteiger partial charge in [-0.25, -0.2) is 14.8 Å². The maximum atomic E-state index is 12.6. The molecule has 0 bridgehead atoms. The highest BCUT2D eigenvalue weighted by Crippen LogP contribution is 2.30. The number of carbonyl (C=O) groups excluding carboxylic acids is 2. The van der Waals surface area contributed by atoms with Crippen LogP contribution in [0.3, 0.4) is 0 Å². The number of esters is 1. The second-order valence-corrected chi connectivity index (χ2v) is 8.28. The lowest BCUT2D eigenvalue weighted by Gasteiger charge is -2.37. The molecule has 1 aliphatic heterocycles. The van der Waals surface area contributed by atoms with Gasteiger partial charge in [-0.1, -0.05) is 29.9 Å². The Balaban J connectivity index is 1.69. The van der Waals surface area contributed by atoms with E-state index in [0.717, 1.165) is 0 Å². The molecule has 3 N–H and O–H groups in total. The molecule has 2 atom stereocenters. The Morgan fingerprint density at radius 3 is 2.77 bits per heavy atom. The third kappa shape index (κ3) is 5.17. The summed E-state index contributed by atoms with van der Waals surface area (Å²) in [5.41, 5.74) is 1.01. The first-order valence-electron chi connectivity index (χ1n) is 10.0. The minimum absolute atomic E-state index is 0.172. The van der Waals surface area contributed by atoms with Crippen LogP contribution in [-0.4, -0.2) is 70.9 Å². The molecule has 0 aromatic carbocycles. The number of thiazole rings is 1. The number of aromatic amines is 1. The molecule has 12 heteroatoms. The first kappa shape index (κ1) is 23.5. The first-order chi connectivity index (χ1) is 14.9. The smallest absolute Gasteiger partial charge is 0.350 e. The van der Waals surface area contributed by atoms with Crippen molar-refractivity contribution in [3.8, 4) is 0 Å². The van der Waals surface area contributed by atoms with Gasteiger partial charge in [0.15, 0.2) is 16.1 Å². The normalized spacial score (nSPS) is 18.8. The Labute approximate surface area is 188 Å². The lowest BCUT2D eigenvalue weighted by Crippen LogP contribution is -2.55. The molecule has 3 heterocycles. The number of imidazole rings is 1. The zero-order valence-electron chi connectivity index (χ0n) is 17.6. The summed E-state index contributed by atoms with van der Waals surface area (Å²) in [6, 6.07) is -0.232. The number of piperidine rings is 1. The number of nitrogens with one attached hydrogen (secondary N) is 2. The monoisotopic (exact) mass is 471 g/mol. The van der Waals surface area contributed by atoms with Gasteiger partial charge in [0, 0.05) is 20.2 Å². The molecule has 0 radical (unpaired) electrons. The summed E-state index contributed by atoms with van der Waals surface area (Å²) in [4.78, 5) is 38.4. The number of anilines is 1. The summed E-state index contributed by atoms with van der Waals surface area (Å²) in [7, 11) is 1.58. The lowest BCUT2D eigenvalue weighted by atomic mass is 10.0. The van der Waals surface area contributed by atoms with Crippen molar-refractivity contribution in [1.82, 2.24) is 20.3 Å². The number of amides is 1. The van der Waals surface area contributed by atoms with Gasteiger partial charge in [0.25, 0.3) is 5.91 Å². The number of hydrogen-bond donors (Lipinski definition) is 3. The second kappa shape index (κ2) is 10.4. The molecule has 0 aliphatic carbocycles. The van der Waals surface area contributed by atoms with Crippen LogP contribution in [0.25, 0.3) is 0 Å². The van der Waals surface area contributed by atoms with E-state index in [-0.39, 0.29) is 37.1 Å². The van der Waals surface area contributed by atoms with Gasteiger partial charge in [0.1, 0.15) is 4.88 Å². The van der Waals surface area contributed by atoms with E-state index in [2.05, 4.69) is 20.3 Å². The third-order valence-electron chi connectivity index (χ3n) is 5.04. The van der Waals surface area contributed by atoms with Crippen LogP contribution in [0.1, 0.15) is 51.9 Å². The molecule has 10 nitrogen and oxygen atoms in total. The van der Waals surface area contributed by atoms with E-state index in [1.165, 1.54) is 11.3 Å². The highest BCUT2D eigenvalue weighted by Gasteiger charge is 2.33. The Morgan fingerprint density at radius 2 is 2.16 bits per heavy atom. The number of aromatic nitrogens is 3. The van der Waals surface area contributed by atoms with Crippen LogP contribution in [0, 0.1) is 0 Å². The molecule has 1 fully saturated rings. The van der Waals surface area contributed by atoms with Crippen LogP contribution >= 0.6 is 22.9 Å². The van der Waals surface area contributed by atoms with Gasteiger partial charge in [0.2, 0.25) is 0 Å². The summed E-state index contributed by atoms with van der Waals surface area (Å²) in [5, 5.41) is 13.4. The van der Waals surface area contributed by atoms with Crippen LogP contribution in [0.4, 0.5) is 5.13 Å². The van der Waals surface area contributed by atoms with Crippen molar-refractivity contribution in [3.05, 3.63) is 27.2 Å². The van der Waals surface area contributed by atoms with Crippen LogP contribution in [0.5, 0.6) is 0 Å². The largest absolute Gasteiger partial charge is 0.462 e. The fourth-order valence-corrected chi connectivity index (χ4v) is 4.67. The van der Waals surface area contributed by atoms with E-state index in [1.54, 1.807) is 14.0 Å². The number of nitrogens with zero attached hydrogens (tertiary/aromatic N) is 3. The number of halogens is 1. The molecule has 0 spiro atoms. The summed E-state index contributed by atoms with van der Waals surface area (Å²) < 4.78 is 10.7. The fraction of sp³-hybridized carbons (Fsp3) is 0.579. The van der Waals surface area contributed by atoms with Gasteiger partial charge in [-0.2, -0.15) is 0 Å². The van der Waals surface area contributed by atoms with Gasteiger partial charge >= 0.3 is 5.97 Å². The molecule has 2 aromatic rings. The summed E-state index contributed by atoms with van der Waals surface area (Å²) in [6.07, 6.45) is 0.943. The minimum atomic E-state index is -0.496. The predicted molar refractivity (Wildman–Crippen MR) is 116 cm³/mol. The van der Waals surface area contributed by atoms with Crippen molar-refractivity contribution in [2.24, 2.45) is 0 Å². The van der Waals surface area contributed by atoms with Crippen LogP contribution < -0.4 is 10.2 Å². The van der Waals surface area contributed by atoms with Crippen molar-refractivity contribution in [2.75, 3.05) is 31.7 Å². The SMILES string of the molecule is CCOC(=O)c1sc(N2CC[C@H](NC(=O)c3nc(Cl)c(CC)[nH]3)[C@H](OC)C2)nc1CO. The van der Waals surface area contributed by atoms with E-state index in [4.69, 9.17) is 21.1 Å². The molecule has 1 saturated heterocycles. The molecule has 31 heavy (non-hydrogen) atoms. The van der Waals surface area contributed by atoms with E-state index < -0.39 is 5.97 Å². The molecule has 2 aromatic heterocycles. The molecule has 1 aliphatic rings. The quantitative estimate of drug-likeness (QED) is 0.497. The maximum Gasteiger partial charge on any atom is 0.350 e. The number of H-pyrrole nitrogens is 1. The number of aliphatic hydroxyl groups is 1.